The van der Waals surface area contributed by atoms with Crippen molar-refractivity contribution in [3.8, 4) is 0 Å². The Bertz CT molecular complexity index is 685. The normalized spacial score (nSPS) is 12.4. The molecule has 0 aliphatic carbocycles. The van der Waals surface area contributed by atoms with Crippen molar-refractivity contribution in [1.82, 2.24) is 0 Å². The van der Waals surface area contributed by atoms with Gasteiger partial charge in [0.2, 0.25) is 0 Å². The van der Waals surface area contributed by atoms with Crippen LogP contribution in [0.1, 0.15) is 12.8 Å². The van der Waals surface area contributed by atoms with Crippen LogP contribution in [-0.4, -0.2) is 19.4 Å². The molecule has 0 saturated carbocycles. The number of aliphatic imine (C=N–C) groups is 1. The van der Waals surface area contributed by atoms with E-state index in [4.69, 9.17) is 0 Å². The molecule has 0 saturated heterocycles. The molecule has 0 amide bonds. The van der Waals surface area contributed by atoms with E-state index in [0.29, 0.717) is 0 Å². The van der Waals surface area contributed by atoms with Gasteiger partial charge in [0.25, 0.3) is 0 Å². The molecule has 2 heteroatoms. The van der Waals surface area contributed by atoms with Crippen LogP contribution in [0.15, 0.2) is 96.0 Å². The summed E-state index contributed by atoms with van der Waals surface area (Å²) >= 11 is 0. The van der Waals surface area contributed by atoms with E-state index in [-0.39, 0.29) is 0 Å². The molecule has 0 unspecified atom stereocenters. The third kappa shape index (κ3) is 3.89. The molecule has 0 bridgehead atoms. The van der Waals surface area contributed by atoms with Gasteiger partial charge in [-0.3, -0.25) is 0 Å². The van der Waals surface area contributed by atoms with Crippen LogP contribution in [0.3, 0.4) is 0 Å². The zero-order valence-corrected chi connectivity index (χ0v) is 15.8. The van der Waals surface area contributed by atoms with Gasteiger partial charge in [0.15, 0.2) is 0 Å². The third-order valence-corrected chi connectivity index (χ3v) is 9.93. The molecule has 1 nitrogen and oxygen atoms in total. The van der Waals surface area contributed by atoms with Crippen molar-refractivity contribution >= 4 is 29.4 Å². The molecule has 0 fully saturated rings. The van der Waals surface area contributed by atoms with Crippen LogP contribution in [0.4, 0.5) is 0 Å². The predicted octanol–water partition coefficient (Wildman–Crippen LogP) is 4.19. The second kappa shape index (κ2) is 8.74. The summed E-state index contributed by atoms with van der Waals surface area (Å²) in [5, 5.41) is 4.46. The molecular formula is C23H26NP. The second-order valence-electron chi connectivity index (χ2n) is 6.34. The van der Waals surface area contributed by atoms with E-state index in [1.54, 1.807) is 0 Å². The van der Waals surface area contributed by atoms with E-state index in [2.05, 4.69) is 96.0 Å². The fourth-order valence-corrected chi connectivity index (χ4v) is 8.57. The molecule has 0 atom stereocenters. The topological polar surface area (TPSA) is 12.4 Å². The van der Waals surface area contributed by atoms with Gasteiger partial charge in [-0.2, -0.15) is 0 Å². The van der Waals surface area contributed by atoms with Gasteiger partial charge in [0.1, 0.15) is 0 Å². The molecule has 0 aliphatic rings. The molecule has 0 aliphatic heterocycles. The molecule has 3 rings (SSSR count). The Hall–Kier alpha value is -2.24. The maximum absolute atomic E-state index is 4.16. The molecule has 128 valence electrons. The van der Waals surface area contributed by atoms with Gasteiger partial charge in [0, 0.05) is 0 Å². The summed E-state index contributed by atoms with van der Waals surface area (Å²) in [6.07, 6.45) is 5.43. The zero-order valence-electron chi connectivity index (χ0n) is 14.8. The quantitative estimate of drug-likeness (QED) is 0.345. The average molecular weight is 347 g/mol. The van der Waals surface area contributed by atoms with E-state index in [0.717, 1.165) is 12.8 Å². The van der Waals surface area contributed by atoms with Gasteiger partial charge in [-0.15, -0.1) is 0 Å². The summed E-state index contributed by atoms with van der Waals surface area (Å²) in [4.78, 5) is 4.16. The summed E-state index contributed by atoms with van der Waals surface area (Å²) in [5.74, 6) is 0. The first kappa shape index (κ1) is 17.6. The monoisotopic (exact) mass is 347 g/mol. The van der Waals surface area contributed by atoms with E-state index in [1.807, 2.05) is 13.3 Å². The SMILES string of the molecule is C/N=C/CCC[PH](c1ccccc1)(c1ccccc1)c1ccccc1. The number of rotatable bonds is 7. The summed E-state index contributed by atoms with van der Waals surface area (Å²) in [6.45, 7) is 0. The van der Waals surface area contributed by atoms with Gasteiger partial charge in [0.05, 0.1) is 0 Å². The van der Waals surface area contributed by atoms with Gasteiger partial charge in [-0.05, 0) is 0 Å². The van der Waals surface area contributed by atoms with Crippen LogP contribution in [0.25, 0.3) is 0 Å². The minimum absolute atomic E-state index is 1.04. The standard InChI is InChI=1S/C23H26NP/c1-24-19-11-12-20-25(21-13-5-2-6-14-21,22-15-7-3-8-16-22)23-17-9-4-10-18-23/h2-10,13-19,25H,11-12,20H2,1H3/b24-19+. The molecule has 0 N–H and O–H groups in total. The molecular weight excluding hydrogens is 321 g/mol. The number of unbranched alkanes of at least 4 members (excludes halogenated alkanes) is 1. The fourth-order valence-electron chi connectivity index (χ4n) is 3.69. The molecule has 3 aromatic carbocycles. The average Bonchev–Trinajstić information content (AvgIpc) is 2.70. The number of hydrogen-bond acceptors (Lipinski definition) is 1. The van der Waals surface area contributed by atoms with Crippen LogP contribution >= 0.6 is 7.26 Å². The third-order valence-electron chi connectivity index (χ3n) is 4.87. The first-order chi connectivity index (χ1) is 12.4. The Balaban J connectivity index is 2.16. The van der Waals surface area contributed by atoms with Crippen LogP contribution in [0.2, 0.25) is 0 Å². The zero-order chi connectivity index (χ0) is 17.4. The Morgan fingerprint density at radius 2 is 1.08 bits per heavy atom. The van der Waals surface area contributed by atoms with E-state index < -0.39 is 7.26 Å². The van der Waals surface area contributed by atoms with Crippen molar-refractivity contribution < 1.29 is 0 Å². The number of benzene rings is 3. The molecule has 0 aromatic heterocycles. The summed E-state index contributed by atoms with van der Waals surface area (Å²) in [6, 6.07) is 33.3. The van der Waals surface area contributed by atoms with Crippen LogP contribution in [-0.2, 0) is 0 Å². The van der Waals surface area contributed by atoms with Crippen molar-refractivity contribution in [2.24, 2.45) is 4.99 Å². The fraction of sp³-hybridized carbons (Fsp3) is 0.174. The first-order valence-electron chi connectivity index (χ1n) is 8.95. The van der Waals surface area contributed by atoms with Crippen molar-refractivity contribution in [1.29, 1.82) is 0 Å². The van der Waals surface area contributed by atoms with Crippen molar-refractivity contribution in [3.63, 3.8) is 0 Å². The van der Waals surface area contributed by atoms with Gasteiger partial charge in [-0.1, -0.05) is 0 Å². The number of nitrogens with zero attached hydrogens (tertiary/aromatic N) is 1. The minimum atomic E-state index is -2.04. The molecule has 3 aromatic rings. The molecule has 0 spiro atoms. The van der Waals surface area contributed by atoms with E-state index in [9.17, 15) is 0 Å². The van der Waals surface area contributed by atoms with Gasteiger partial charge < -0.3 is 0 Å². The van der Waals surface area contributed by atoms with Crippen LogP contribution in [0, 0.1) is 0 Å². The summed E-state index contributed by atoms with van der Waals surface area (Å²) < 4.78 is 0. The van der Waals surface area contributed by atoms with Crippen molar-refractivity contribution in [2.75, 3.05) is 13.2 Å². The van der Waals surface area contributed by atoms with E-state index >= 15 is 0 Å². The Labute approximate surface area is 151 Å². The molecule has 25 heavy (non-hydrogen) atoms. The van der Waals surface area contributed by atoms with Crippen LogP contribution in [0.5, 0.6) is 0 Å². The Morgan fingerprint density at radius 3 is 1.44 bits per heavy atom. The Kier molecular flexibility index (Phi) is 6.14. The second-order valence-corrected chi connectivity index (χ2v) is 10.4. The number of hydrogen-bond donors (Lipinski definition) is 0. The maximum atomic E-state index is 4.16. The summed E-state index contributed by atoms with van der Waals surface area (Å²) in [7, 11) is -0.178. The van der Waals surface area contributed by atoms with Crippen molar-refractivity contribution in [3.05, 3.63) is 91.0 Å². The molecule has 0 heterocycles. The first-order valence-corrected chi connectivity index (χ1v) is 11.2. The van der Waals surface area contributed by atoms with Crippen LogP contribution < -0.4 is 15.9 Å². The van der Waals surface area contributed by atoms with E-state index in [1.165, 1.54) is 22.1 Å². The Morgan fingerprint density at radius 1 is 0.680 bits per heavy atom. The van der Waals surface area contributed by atoms with Gasteiger partial charge >= 0.3 is 151 Å². The molecule has 0 radical (unpaired) electrons. The van der Waals surface area contributed by atoms with Crippen molar-refractivity contribution in [2.45, 2.75) is 12.8 Å². The summed E-state index contributed by atoms with van der Waals surface area (Å²) in [5.41, 5.74) is 0. The van der Waals surface area contributed by atoms with Gasteiger partial charge in [-0.25, -0.2) is 0 Å². The predicted molar refractivity (Wildman–Crippen MR) is 115 cm³/mol.